The van der Waals surface area contributed by atoms with Gasteiger partial charge in [0.1, 0.15) is 17.2 Å². The van der Waals surface area contributed by atoms with Gasteiger partial charge in [0.15, 0.2) is 0 Å². The average Bonchev–Trinajstić information content (AvgIpc) is 3.20. The molecule has 27 heavy (non-hydrogen) atoms. The molecule has 0 fully saturated rings. The fourth-order valence-electron chi connectivity index (χ4n) is 2.74. The summed E-state index contributed by atoms with van der Waals surface area (Å²) >= 11 is 0. The van der Waals surface area contributed by atoms with Crippen molar-refractivity contribution in [1.29, 1.82) is 0 Å². The van der Waals surface area contributed by atoms with Crippen molar-refractivity contribution < 1.29 is 9.18 Å². The Balaban J connectivity index is 1.58. The number of rotatable bonds is 4. The van der Waals surface area contributed by atoms with Gasteiger partial charge in [0, 0.05) is 22.4 Å². The highest BCUT2D eigenvalue weighted by atomic mass is 19.1. The molecule has 1 N–H and O–H groups in total. The maximum Gasteiger partial charge on any atom is 0.255 e. The van der Waals surface area contributed by atoms with Crippen molar-refractivity contribution in [3.8, 4) is 0 Å². The minimum absolute atomic E-state index is 0.294. The number of halogens is 1. The first kappa shape index (κ1) is 16.7. The molecule has 1 aliphatic heterocycles. The summed E-state index contributed by atoms with van der Waals surface area (Å²) in [6.45, 7) is 0. The molecule has 3 aromatic carbocycles. The van der Waals surface area contributed by atoms with Crippen LogP contribution < -0.4 is 10.9 Å². The van der Waals surface area contributed by atoms with E-state index in [4.69, 9.17) is 0 Å². The van der Waals surface area contributed by atoms with Gasteiger partial charge in [-0.3, -0.25) is 4.79 Å². The number of hydrogen-bond donors (Lipinski definition) is 1. The molecule has 0 atom stereocenters. The minimum atomic E-state index is -0.356. The third-order valence-electron chi connectivity index (χ3n) is 4.06. The first-order valence-corrected chi connectivity index (χ1v) is 8.29. The van der Waals surface area contributed by atoms with Gasteiger partial charge in [-0.15, -0.1) is 10.2 Å². The van der Waals surface area contributed by atoms with Crippen LogP contribution in [0.25, 0.3) is 0 Å². The van der Waals surface area contributed by atoms with Crippen LogP contribution in [0.4, 0.5) is 10.1 Å². The van der Waals surface area contributed by atoms with E-state index in [1.807, 2.05) is 36.4 Å². The zero-order valence-corrected chi connectivity index (χ0v) is 14.1. The lowest BCUT2D eigenvalue weighted by Gasteiger charge is -2.08. The lowest BCUT2D eigenvalue weighted by molar-refractivity contribution is 0.102. The van der Waals surface area contributed by atoms with Crippen LogP contribution >= 0.6 is 0 Å². The number of anilines is 1. The predicted octanol–water partition coefficient (Wildman–Crippen LogP) is 3.80. The number of carbonyl (C=O) groups is 1. The van der Waals surface area contributed by atoms with Crippen molar-refractivity contribution in [3.63, 3.8) is 0 Å². The van der Waals surface area contributed by atoms with E-state index in [0.29, 0.717) is 22.7 Å². The van der Waals surface area contributed by atoms with Gasteiger partial charge in [-0.2, -0.15) is 0 Å². The summed E-state index contributed by atoms with van der Waals surface area (Å²) in [5.74, 6) is -0.650. The molecule has 1 aliphatic rings. The molecule has 0 bridgehead atoms. The van der Waals surface area contributed by atoms with Crippen LogP contribution in [0.2, 0.25) is 0 Å². The Kier molecular flexibility index (Phi) is 4.45. The van der Waals surface area contributed by atoms with E-state index < -0.39 is 0 Å². The SMILES string of the molecule is O=C(Nc1ccc(F)cc1)c1cccc(C2=N[N]N=C2c2ccccc2)c1. The van der Waals surface area contributed by atoms with Crippen molar-refractivity contribution in [2.24, 2.45) is 10.2 Å². The molecule has 0 spiro atoms. The van der Waals surface area contributed by atoms with E-state index in [1.165, 1.54) is 24.3 Å². The Bertz CT molecular complexity index is 1040. The molecule has 3 aromatic rings. The summed E-state index contributed by atoms with van der Waals surface area (Å²) in [5, 5.41) is 11.0. The van der Waals surface area contributed by atoms with Crippen LogP contribution in [0.1, 0.15) is 21.5 Å². The van der Waals surface area contributed by atoms with E-state index in [9.17, 15) is 9.18 Å². The number of carbonyl (C=O) groups excluding carboxylic acids is 1. The Morgan fingerprint density at radius 2 is 1.44 bits per heavy atom. The fourth-order valence-corrected chi connectivity index (χ4v) is 2.74. The largest absolute Gasteiger partial charge is 0.322 e. The van der Waals surface area contributed by atoms with Crippen LogP contribution in [0.15, 0.2) is 89.1 Å². The molecule has 5 nitrogen and oxygen atoms in total. The third-order valence-corrected chi connectivity index (χ3v) is 4.06. The summed E-state index contributed by atoms with van der Waals surface area (Å²) in [4.78, 5) is 12.5. The van der Waals surface area contributed by atoms with Gasteiger partial charge in [-0.25, -0.2) is 4.39 Å². The molecule has 1 radical (unpaired) electrons. The fraction of sp³-hybridized carbons (Fsp3) is 0. The second-order valence-corrected chi connectivity index (χ2v) is 5.89. The predicted molar refractivity (Wildman–Crippen MR) is 102 cm³/mol. The number of hydrogen-bond acceptors (Lipinski definition) is 3. The van der Waals surface area contributed by atoms with Gasteiger partial charge in [0.05, 0.1) is 0 Å². The number of amides is 1. The molecule has 0 aliphatic carbocycles. The normalized spacial score (nSPS) is 12.8. The minimum Gasteiger partial charge on any atom is -0.322 e. The zero-order valence-electron chi connectivity index (χ0n) is 14.1. The topological polar surface area (TPSA) is 67.9 Å². The Labute approximate surface area is 155 Å². The molecular weight excluding hydrogens is 343 g/mol. The standard InChI is InChI=1S/C21H14FN4O/c22-17-9-11-18(12-10-17)23-21(27)16-8-4-7-15(13-16)20-19(24-26-25-20)14-5-2-1-3-6-14/h1-13H,(H,23,27). The summed E-state index contributed by atoms with van der Waals surface area (Å²) < 4.78 is 13.0. The lowest BCUT2D eigenvalue weighted by atomic mass is 9.98. The molecule has 1 heterocycles. The van der Waals surface area contributed by atoms with Crippen LogP contribution in [0.5, 0.6) is 0 Å². The molecule has 0 saturated heterocycles. The van der Waals surface area contributed by atoms with Crippen molar-refractivity contribution in [3.05, 3.63) is 101 Å². The summed E-state index contributed by atoms with van der Waals surface area (Å²) in [7, 11) is 0. The van der Waals surface area contributed by atoms with Gasteiger partial charge in [-0.05, 0) is 41.9 Å². The number of benzene rings is 3. The molecule has 4 rings (SSSR count). The lowest BCUT2D eigenvalue weighted by Crippen LogP contribution is -2.16. The second-order valence-electron chi connectivity index (χ2n) is 5.89. The molecular formula is C21H14FN4O. The molecule has 0 saturated carbocycles. The molecule has 131 valence electrons. The molecule has 0 aromatic heterocycles. The maximum atomic E-state index is 13.0. The second kappa shape index (κ2) is 7.21. The molecule has 0 unspecified atom stereocenters. The van der Waals surface area contributed by atoms with Crippen molar-refractivity contribution >= 4 is 23.0 Å². The van der Waals surface area contributed by atoms with E-state index >= 15 is 0 Å². The third kappa shape index (κ3) is 3.59. The van der Waals surface area contributed by atoms with Gasteiger partial charge >= 0.3 is 0 Å². The van der Waals surface area contributed by atoms with Gasteiger partial charge in [0.25, 0.3) is 5.91 Å². The monoisotopic (exact) mass is 357 g/mol. The van der Waals surface area contributed by atoms with E-state index in [1.54, 1.807) is 18.2 Å². The Morgan fingerprint density at radius 3 is 2.19 bits per heavy atom. The smallest absolute Gasteiger partial charge is 0.255 e. The quantitative estimate of drug-likeness (QED) is 0.758. The highest BCUT2D eigenvalue weighted by Gasteiger charge is 2.20. The summed E-state index contributed by atoms with van der Waals surface area (Å²) in [6, 6.07) is 22.3. The average molecular weight is 357 g/mol. The summed E-state index contributed by atoms with van der Waals surface area (Å²) in [5.41, 5.74) is 7.68. The van der Waals surface area contributed by atoms with Crippen molar-refractivity contribution in [2.75, 3.05) is 5.32 Å². The summed E-state index contributed by atoms with van der Waals surface area (Å²) in [6.07, 6.45) is 0. The van der Waals surface area contributed by atoms with Gasteiger partial charge in [0.2, 0.25) is 0 Å². The number of nitrogens with zero attached hydrogens (tertiary/aromatic N) is 3. The van der Waals surface area contributed by atoms with Crippen LogP contribution in [-0.2, 0) is 0 Å². The van der Waals surface area contributed by atoms with Crippen LogP contribution in [0.3, 0.4) is 0 Å². The first-order valence-electron chi connectivity index (χ1n) is 8.29. The zero-order chi connectivity index (χ0) is 18.6. The highest BCUT2D eigenvalue weighted by Crippen LogP contribution is 2.16. The van der Waals surface area contributed by atoms with Gasteiger partial charge < -0.3 is 5.32 Å². The van der Waals surface area contributed by atoms with Crippen molar-refractivity contribution in [1.82, 2.24) is 5.53 Å². The van der Waals surface area contributed by atoms with Crippen LogP contribution in [-0.4, -0.2) is 17.3 Å². The molecule has 1 amide bonds. The van der Waals surface area contributed by atoms with E-state index in [2.05, 4.69) is 21.1 Å². The Morgan fingerprint density at radius 1 is 0.778 bits per heavy atom. The van der Waals surface area contributed by atoms with Crippen molar-refractivity contribution in [2.45, 2.75) is 0 Å². The van der Waals surface area contributed by atoms with E-state index in [-0.39, 0.29) is 11.7 Å². The Hall–Kier alpha value is -3.80. The van der Waals surface area contributed by atoms with E-state index in [0.717, 1.165) is 11.1 Å². The maximum absolute atomic E-state index is 13.0. The van der Waals surface area contributed by atoms with Gasteiger partial charge in [-0.1, -0.05) is 42.5 Å². The molecule has 6 heteroatoms. The number of nitrogens with one attached hydrogen (secondary N) is 1. The highest BCUT2D eigenvalue weighted by molar-refractivity contribution is 6.54. The van der Waals surface area contributed by atoms with Crippen LogP contribution in [0, 0.1) is 5.82 Å². The first-order chi connectivity index (χ1) is 13.2.